The second-order valence-electron chi connectivity index (χ2n) is 3.37. The fraction of sp³-hybridized carbons (Fsp3) is 0.667. The van der Waals surface area contributed by atoms with E-state index in [9.17, 15) is 9.36 Å². The molecule has 0 amide bonds. The molecule has 0 spiro atoms. The van der Waals surface area contributed by atoms with Gasteiger partial charge in [-0.25, -0.2) is 9.36 Å². The van der Waals surface area contributed by atoms with Crippen molar-refractivity contribution < 1.29 is 28.0 Å². The highest BCUT2D eigenvalue weighted by Gasteiger charge is 2.22. The number of ether oxygens (including phenoxy) is 1. The zero-order valence-electron chi connectivity index (χ0n) is 9.63. The van der Waals surface area contributed by atoms with Crippen LogP contribution in [0.25, 0.3) is 0 Å². The first kappa shape index (κ1) is 15.3. The highest BCUT2D eigenvalue weighted by Crippen LogP contribution is 2.44. The van der Waals surface area contributed by atoms with Crippen LogP contribution in [0.4, 0.5) is 0 Å². The van der Waals surface area contributed by atoms with Crippen molar-refractivity contribution in [3.8, 4) is 0 Å². The molecule has 0 rings (SSSR count). The average Bonchev–Trinajstić information content (AvgIpc) is 2.09. The minimum Gasteiger partial charge on any atom is -0.460 e. The third kappa shape index (κ3) is 7.59. The number of esters is 1. The maximum Gasteiger partial charge on any atom is 0.472 e. The summed E-state index contributed by atoms with van der Waals surface area (Å²) in [4.78, 5) is 20.0. The Labute approximate surface area is 94.8 Å². The van der Waals surface area contributed by atoms with Gasteiger partial charge in [0, 0.05) is 5.57 Å². The molecule has 1 atom stereocenters. The van der Waals surface area contributed by atoms with E-state index in [1.54, 1.807) is 13.8 Å². The molecule has 0 radical (unpaired) electrons. The zero-order valence-corrected chi connectivity index (χ0v) is 10.5. The van der Waals surface area contributed by atoms with Gasteiger partial charge in [0.1, 0.15) is 6.61 Å². The second kappa shape index (κ2) is 6.81. The lowest BCUT2D eigenvalue weighted by Gasteiger charge is -2.14. The van der Waals surface area contributed by atoms with Crippen molar-refractivity contribution in [3.05, 3.63) is 12.2 Å². The van der Waals surface area contributed by atoms with Crippen LogP contribution in [0.5, 0.6) is 0 Å². The van der Waals surface area contributed by atoms with Gasteiger partial charge in [-0.15, -0.1) is 0 Å². The van der Waals surface area contributed by atoms with Gasteiger partial charge in [-0.1, -0.05) is 6.58 Å². The van der Waals surface area contributed by atoms with Gasteiger partial charge in [0.05, 0.1) is 12.7 Å². The lowest BCUT2D eigenvalue weighted by molar-refractivity contribution is -0.139. The molecule has 7 heteroatoms. The summed E-state index contributed by atoms with van der Waals surface area (Å²) in [5, 5.41) is 0. The summed E-state index contributed by atoms with van der Waals surface area (Å²) in [7, 11) is -4.05. The van der Waals surface area contributed by atoms with Gasteiger partial charge in [-0.2, -0.15) is 0 Å². The number of hydrogen-bond donors (Lipinski definition) is 1. The summed E-state index contributed by atoms with van der Waals surface area (Å²) in [5.74, 6) is -0.568. The average molecular weight is 252 g/mol. The summed E-state index contributed by atoms with van der Waals surface area (Å²) >= 11 is 0. The van der Waals surface area contributed by atoms with Crippen molar-refractivity contribution in [2.45, 2.75) is 26.9 Å². The minimum absolute atomic E-state index is 0.127. The monoisotopic (exact) mass is 252 g/mol. The predicted molar refractivity (Wildman–Crippen MR) is 57.8 cm³/mol. The summed E-state index contributed by atoms with van der Waals surface area (Å²) in [6.45, 7) is 7.75. The summed E-state index contributed by atoms with van der Waals surface area (Å²) < 4.78 is 25.0. The molecular weight excluding hydrogens is 235 g/mol. The van der Waals surface area contributed by atoms with Crippen molar-refractivity contribution in [1.29, 1.82) is 0 Å². The van der Waals surface area contributed by atoms with E-state index in [1.165, 1.54) is 6.92 Å². The number of phosphoric acid groups is 1. The molecule has 94 valence electrons. The van der Waals surface area contributed by atoms with E-state index in [2.05, 4.69) is 20.4 Å². The number of carbonyl (C=O) groups is 1. The lowest BCUT2D eigenvalue weighted by Crippen LogP contribution is -2.11. The van der Waals surface area contributed by atoms with Crippen LogP contribution in [0, 0.1) is 0 Å². The van der Waals surface area contributed by atoms with Gasteiger partial charge in [-0.05, 0) is 20.8 Å². The maximum atomic E-state index is 11.2. The highest BCUT2D eigenvalue weighted by atomic mass is 31.2. The third-order valence-corrected chi connectivity index (χ3v) is 2.46. The predicted octanol–water partition coefficient (Wildman–Crippen LogP) is 1.65. The Kier molecular flexibility index (Phi) is 6.52. The second-order valence-corrected chi connectivity index (χ2v) is 4.78. The molecule has 0 saturated heterocycles. The van der Waals surface area contributed by atoms with E-state index >= 15 is 0 Å². The molecule has 0 aliphatic heterocycles. The third-order valence-electron chi connectivity index (χ3n) is 1.26. The van der Waals surface area contributed by atoms with Crippen LogP contribution in [-0.4, -0.2) is 30.2 Å². The van der Waals surface area contributed by atoms with Gasteiger partial charge in [0.2, 0.25) is 0 Å². The highest BCUT2D eigenvalue weighted by molar-refractivity contribution is 7.47. The van der Waals surface area contributed by atoms with Crippen molar-refractivity contribution >= 4 is 13.8 Å². The quantitative estimate of drug-likeness (QED) is 0.321. The van der Waals surface area contributed by atoms with Gasteiger partial charge in [-0.3, -0.25) is 9.05 Å². The Bertz CT molecular complexity index is 298. The maximum absolute atomic E-state index is 11.2. The minimum atomic E-state index is -4.05. The molecule has 0 aliphatic carbocycles. The van der Waals surface area contributed by atoms with Crippen molar-refractivity contribution in [1.82, 2.24) is 0 Å². The standard InChI is InChI=1S/C9H17O6P/c1-7(2)9(10)13-5-6-14-16(11,12)15-8(3)4/h8H,1,5-6H2,2-4H3,(H,11,12). The largest absolute Gasteiger partial charge is 0.472 e. The van der Waals surface area contributed by atoms with Crippen LogP contribution in [0.1, 0.15) is 20.8 Å². The molecule has 1 unspecified atom stereocenters. The van der Waals surface area contributed by atoms with Gasteiger partial charge >= 0.3 is 13.8 Å². The van der Waals surface area contributed by atoms with E-state index in [4.69, 9.17) is 4.89 Å². The Balaban J connectivity index is 3.78. The summed E-state index contributed by atoms with van der Waals surface area (Å²) in [6.07, 6.45) is -0.422. The first-order chi connectivity index (χ1) is 7.24. The van der Waals surface area contributed by atoms with Gasteiger partial charge < -0.3 is 9.63 Å². The van der Waals surface area contributed by atoms with E-state index in [0.717, 1.165) is 0 Å². The van der Waals surface area contributed by atoms with Gasteiger partial charge in [0.15, 0.2) is 0 Å². The Morgan fingerprint density at radius 3 is 2.44 bits per heavy atom. The van der Waals surface area contributed by atoms with Crippen molar-refractivity contribution in [2.75, 3.05) is 13.2 Å². The molecule has 0 aromatic rings. The first-order valence-corrected chi connectivity index (χ1v) is 6.22. The van der Waals surface area contributed by atoms with Crippen LogP contribution >= 0.6 is 7.82 Å². The first-order valence-electron chi connectivity index (χ1n) is 4.73. The molecular formula is C9H17O6P. The van der Waals surface area contributed by atoms with E-state index in [0.29, 0.717) is 0 Å². The molecule has 0 saturated carbocycles. The van der Waals surface area contributed by atoms with Crippen LogP contribution in [-0.2, 0) is 23.1 Å². The summed E-state index contributed by atoms with van der Waals surface area (Å²) in [6, 6.07) is 0. The fourth-order valence-corrected chi connectivity index (χ4v) is 1.61. The lowest BCUT2D eigenvalue weighted by atomic mass is 10.4. The Morgan fingerprint density at radius 1 is 1.44 bits per heavy atom. The molecule has 0 aromatic carbocycles. The molecule has 6 nitrogen and oxygen atoms in total. The SMILES string of the molecule is C=C(C)C(=O)OCCOP(=O)(O)OC(C)C. The molecule has 16 heavy (non-hydrogen) atoms. The van der Waals surface area contributed by atoms with E-state index in [1.807, 2.05) is 0 Å². The molecule has 0 aromatic heterocycles. The summed E-state index contributed by atoms with van der Waals surface area (Å²) in [5.41, 5.74) is 0.255. The van der Waals surface area contributed by atoms with Crippen molar-refractivity contribution in [2.24, 2.45) is 0 Å². The molecule has 0 fully saturated rings. The number of rotatable bonds is 7. The smallest absolute Gasteiger partial charge is 0.460 e. The van der Waals surface area contributed by atoms with Gasteiger partial charge in [0.25, 0.3) is 0 Å². The fourth-order valence-electron chi connectivity index (χ4n) is 0.707. The Hall–Kier alpha value is -0.680. The molecule has 0 aliphatic rings. The van der Waals surface area contributed by atoms with Crippen LogP contribution in [0.2, 0.25) is 0 Å². The van der Waals surface area contributed by atoms with Crippen LogP contribution < -0.4 is 0 Å². The molecule has 1 N–H and O–H groups in total. The number of carbonyl (C=O) groups excluding carboxylic acids is 1. The van der Waals surface area contributed by atoms with Crippen molar-refractivity contribution in [3.63, 3.8) is 0 Å². The normalized spacial score (nSPS) is 14.6. The van der Waals surface area contributed by atoms with E-state index in [-0.39, 0.29) is 18.8 Å². The van der Waals surface area contributed by atoms with Crippen LogP contribution in [0.3, 0.4) is 0 Å². The van der Waals surface area contributed by atoms with Crippen LogP contribution in [0.15, 0.2) is 12.2 Å². The zero-order chi connectivity index (χ0) is 12.8. The topological polar surface area (TPSA) is 82.1 Å². The van der Waals surface area contributed by atoms with E-state index < -0.39 is 19.9 Å². The Morgan fingerprint density at radius 2 is 2.00 bits per heavy atom. The number of hydrogen-bond acceptors (Lipinski definition) is 5. The molecule has 0 bridgehead atoms. The number of phosphoric ester groups is 1. The molecule has 0 heterocycles.